The van der Waals surface area contributed by atoms with Crippen molar-refractivity contribution in [1.29, 1.82) is 0 Å². The van der Waals surface area contributed by atoms with E-state index in [-0.39, 0.29) is 0 Å². The van der Waals surface area contributed by atoms with Gasteiger partial charge in [-0.3, -0.25) is 0 Å². The number of methoxy groups -OCH3 is 1. The summed E-state index contributed by atoms with van der Waals surface area (Å²) >= 11 is 0. The smallest absolute Gasteiger partial charge is 0.128 e. The number of ether oxygens (including phenoxy) is 1. The maximum absolute atomic E-state index is 5.23. The first-order valence-electron chi connectivity index (χ1n) is 3.91. The average molecular weight is 161 g/mol. The molecule has 0 aliphatic heterocycles. The van der Waals surface area contributed by atoms with E-state index in [1.54, 1.807) is 7.11 Å². The van der Waals surface area contributed by atoms with Gasteiger partial charge in [0, 0.05) is 18.6 Å². The molecule has 2 heteroatoms. The SMILES string of the molecule is COc1cccc2c1ccn2C. The van der Waals surface area contributed by atoms with Gasteiger partial charge in [0.25, 0.3) is 0 Å². The molecule has 0 unspecified atom stereocenters. The molecule has 0 amide bonds. The zero-order valence-electron chi connectivity index (χ0n) is 7.24. The molecular weight excluding hydrogens is 150 g/mol. The molecule has 0 aliphatic rings. The predicted octanol–water partition coefficient (Wildman–Crippen LogP) is 2.19. The maximum Gasteiger partial charge on any atom is 0.128 e. The van der Waals surface area contributed by atoms with Crippen LogP contribution in [0.4, 0.5) is 0 Å². The lowest BCUT2D eigenvalue weighted by Crippen LogP contribution is -1.85. The van der Waals surface area contributed by atoms with E-state index in [0.29, 0.717) is 0 Å². The summed E-state index contributed by atoms with van der Waals surface area (Å²) in [6.45, 7) is 0. The van der Waals surface area contributed by atoms with Crippen molar-refractivity contribution in [3.05, 3.63) is 30.5 Å². The van der Waals surface area contributed by atoms with Crippen LogP contribution in [0.1, 0.15) is 0 Å². The molecule has 0 saturated carbocycles. The molecule has 0 N–H and O–H groups in total. The van der Waals surface area contributed by atoms with Gasteiger partial charge in [-0.1, -0.05) is 6.07 Å². The van der Waals surface area contributed by atoms with Crippen LogP contribution in [0.25, 0.3) is 10.9 Å². The number of fused-ring (bicyclic) bond motifs is 1. The highest BCUT2D eigenvalue weighted by molar-refractivity contribution is 5.86. The van der Waals surface area contributed by atoms with Crippen LogP contribution in [-0.2, 0) is 7.05 Å². The van der Waals surface area contributed by atoms with Crippen molar-refractivity contribution in [2.24, 2.45) is 7.05 Å². The summed E-state index contributed by atoms with van der Waals surface area (Å²) in [7, 11) is 3.73. The quantitative estimate of drug-likeness (QED) is 0.625. The highest BCUT2D eigenvalue weighted by Gasteiger charge is 2.01. The summed E-state index contributed by atoms with van der Waals surface area (Å²) in [5.41, 5.74) is 1.20. The zero-order chi connectivity index (χ0) is 8.55. The Hall–Kier alpha value is -1.44. The second-order valence-electron chi connectivity index (χ2n) is 2.82. The summed E-state index contributed by atoms with van der Waals surface area (Å²) in [4.78, 5) is 0. The van der Waals surface area contributed by atoms with Gasteiger partial charge in [-0.05, 0) is 18.2 Å². The minimum absolute atomic E-state index is 0.938. The van der Waals surface area contributed by atoms with Crippen molar-refractivity contribution < 1.29 is 4.74 Å². The van der Waals surface area contributed by atoms with Gasteiger partial charge < -0.3 is 9.30 Å². The standard InChI is InChI=1S/C10H11NO/c1-11-7-6-8-9(11)4-3-5-10(8)12-2/h3-7H,1-2H3. The summed E-state index contributed by atoms with van der Waals surface area (Å²) in [5.74, 6) is 0.938. The van der Waals surface area contributed by atoms with Gasteiger partial charge in [-0.15, -0.1) is 0 Å². The monoisotopic (exact) mass is 161 g/mol. The Labute approximate surface area is 71.4 Å². The summed E-state index contributed by atoms with van der Waals surface area (Å²) in [6.07, 6.45) is 2.03. The van der Waals surface area contributed by atoms with Crippen molar-refractivity contribution in [1.82, 2.24) is 4.57 Å². The minimum atomic E-state index is 0.938. The first-order valence-corrected chi connectivity index (χ1v) is 3.91. The van der Waals surface area contributed by atoms with E-state index in [9.17, 15) is 0 Å². The van der Waals surface area contributed by atoms with Crippen LogP contribution in [0.2, 0.25) is 0 Å². The molecule has 0 fully saturated rings. The lowest BCUT2D eigenvalue weighted by atomic mass is 10.2. The molecule has 1 aromatic heterocycles. The van der Waals surface area contributed by atoms with Gasteiger partial charge in [-0.2, -0.15) is 0 Å². The van der Waals surface area contributed by atoms with E-state index in [1.165, 1.54) is 10.9 Å². The van der Waals surface area contributed by atoms with Crippen molar-refractivity contribution in [2.45, 2.75) is 0 Å². The fourth-order valence-corrected chi connectivity index (χ4v) is 1.45. The Kier molecular flexibility index (Phi) is 1.54. The second-order valence-corrected chi connectivity index (χ2v) is 2.82. The molecule has 2 rings (SSSR count). The molecule has 2 nitrogen and oxygen atoms in total. The highest BCUT2D eigenvalue weighted by atomic mass is 16.5. The summed E-state index contributed by atoms with van der Waals surface area (Å²) < 4.78 is 7.31. The van der Waals surface area contributed by atoms with E-state index >= 15 is 0 Å². The van der Waals surface area contributed by atoms with Crippen LogP contribution in [0.15, 0.2) is 30.5 Å². The lowest BCUT2D eigenvalue weighted by Gasteiger charge is -2.01. The number of nitrogens with zero attached hydrogens (tertiary/aromatic N) is 1. The van der Waals surface area contributed by atoms with E-state index in [2.05, 4.69) is 16.7 Å². The normalized spacial score (nSPS) is 10.5. The summed E-state index contributed by atoms with van der Waals surface area (Å²) in [5, 5.41) is 1.17. The van der Waals surface area contributed by atoms with Gasteiger partial charge in [-0.25, -0.2) is 0 Å². The average Bonchev–Trinajstić information content (AvgIpc) is 2.48. The van der Waals surface area contributed by atoms with Crippen molar-refractivity contribution in [3.8, 4) is 5.75 Å². The van der Waals surface area contributed by atoms with Crippen molar-refractivity contribution in [2.75, 3.05) is 7.11 Å². The molecular formula is C10H11NO. The lowest BCUT2D eigenvalue weighted by molar-refractivity contribution is 0.420. The van der Waals surface area contributed by atoms with Gasteiger partial charge in [0.2, 0.25) is 0 Å². The topological polar surface area (TPSA) is 14.2 Å². The van der Waals surface area contributed by atoms with Crippen molar-refractivity contribution in [3.63, 3.8) is 0 Å². The molecule has 1 aromatic carbocycles. The third-order valence-corrected chi connectivity index (χ3v) is 2.11. The number of aryl methyl sites for hydroxylation is 1. The molecule has 1 heterocycles. The van der Waals surface area contributed by atoms with Crippen LogP contribution in [0.5, 0.6) is 5.75 Å². The molecule has 0 spiro atoms. The van der Waals surface area contributed by atoms with Crippen LogP contribution >= 0.6 is 0 Å². The second kappa shape index (κ2) is 2.55. The third kappa shape index (κ3) is 0.881. The molecule has 2 aromatic rings. The molecule has 0 aliphatic carbocycles. The van der Waals surface area contributed by atoms with E-state index in [0.717, 1.165) is 5.75 Å². The minimum Gasteiger partial charge on any atom is -0.496 e. The molecule has 0 saturated heterocycles. The van der Waals surface area contributed by atoms with Gasteiger partial charge in [0.1, 0.15) is 5.75 Å². The molecule has 0 bridgehead atoms. The number of rotatable bonds is 1. The Morgan fingerprint density at radius 1 is 1.25 bits per heavy atom. The number of benzene rings is 1. The molecule has 0 atom stereocenters. The Balaban J connectivity index is 2.81. The fraction of sp³-hybridized carbons (Fsp3) is 0.200. The Morgan fingerprint density at radius 2 is 2.08 bits per heavy atom. The number of aromatic nitrogens is 1. The van der Waals surface area contributed by atoms with Crippen LogP contribution in [0, 0.1) is 0 Å². The largest absolute Gasteiger partial charge is 0.496 e. The van der Waals surface area contributed by atoms with Gasteiger partial charge in [0.15, 0.2) is 0 Å². The first kappa shape index (κ1) is 7.22. The highest BCUT2D eigenvalue weighted by Crippen LogP contribution is 2.25. The van der Waals surface area contributed by atoms with Gasteiger partial charge >= 0.3 is 0 Å². The van der Waals surface area contributed by atoms with E-state index < -0.39 is 0 Å². The molecule has 62 valence electrons. The summed E-state index contributed by atoms with van der Waals surface area (Å²) in [6, 6.07) is 8.12. The molecule has 0 radical (unpaired) electrons. The van der Waals surface area contributed by atoms with Crippen LogP contribution in [0.3, 0.4) is 0 Å². The Bertz CT molecular complexity index is 403. The Morgan fingerprint density at radius 3 is 2.83 bits per heavy atom. The van der Waals surface area contributed by atoms with Gasteiger partial charge in [0.05, 0.1) is 12.6 Å². The van der Waals surface area contributed by atoms with E-state index in [4.69, 9.17) is 4.74 Å². The maximum atomic E-state index is 5.23. The predicted molar refractivity (Wildman–Crippen MR) is 49.5 cm³/mol. The van der Waals surface area contributed by atoms with Crippen LogP contribution in [-0.4, -0.2) is 11.7 Å². The third-order valence-electron chi connectivity index (χ3n) is 2.11. The molecule has 12 heavy (non-hydrogen) atoms. The van der Waals surface area contributed by atoms with Crippen LogP contribution < -0.4 is 4.74 Å². The fourth-order valence-electron chi connectivity index (χ4n) is 1.45. The van der Waals surface area contributed by atoms with Crippen molar-refractivity contribution >= 4 is 10.9 Å². The zero-order valence-corrected chi connectivity index (χ0v) is 7.24. The first-order chi connectivity index (χ1) is 5.83. The number of hydrogen-bond acceptors (Lipinski definition) is 1. The number of hydrogen-bond donors (Lipinski definition) is 0. The van der Waals surface area contributed by atoms with E-state index in [1.807, 2.05) is 25.4 Å².